The number of nitrogens with zero attached hydrogens (tertiary/aromatic N) is 4. The highest BCUT2D eigenvalue weighted by atomic mass is 16.5. The van der Waals surface area contributed by atoms with Gasteiger partial charge >= 0.3 is 0 Å². The number of fused-ring (bicyclic) bond motifs is 1. The highest BCUT2D eigenvalue weighted by molar-refractivity contribution is 5.93. The summed E-state index contributed by atoms with van der Waals surface area (Å²) in [4.78, 5) is 38.0. The van der Waals surface area contributed by atoms with Crippen LogP contribution in [0.3, 0.4) is 0 Å². The lowest BCUT2D eigenvalue weighted by atomic mass is 10.1. The van der Waals surface area contributed by atoms with Crippen molar-refractivity contribution in [3.63, 3.8) is 0 Å². The summed E-state index contributed by atoms with van der Waals surface area (Å²) in [6.45, 7) is 4.86. The fourth-order valence-electron chi connectivity index (χ4n) is 3.22. The largest absolute Gasteiger partial charge is 0.377 e. The van der Waals surface area contributed by atoms with Crippen molar-refractivity contribution < 1.29 is 9.53 Å². The smallest absolute Gasteiger partial charge is 0.274 e. The number of carbonyl (C=O) groups excluding carboxylic acids is 1. The SMILES string of the molecule is Cc1ccc2nc(C(=O)N3CCOC[C@H]3c3cc(=O)[nH]c(C)n3)cn2c1. The number of carbonyl (C=O) groups is 1. The first-order valence-corrected chi connectivity index (χ1v) is 8.43. The zero-order chi connectivity index (χ0) is 18.3. The number of hydrogen-bond acceptors (Lipinski definition) is 5. The zero-order valence-electron chi connectivity index (χ0n) is 14.6. The molecule has 0 aliphatic carbocycles. The van der Waals surface area contributed by atoms with E-state index in [1.807, 2.05) is 29.7 Å². The molecule has 4 rings (SSSR count). The number of aryl methyl sites for hydroxylation is 2. The molecule has 0 saturated carbocycles. The van der Waals surface area contributed by atoms with Crippen molar-refractivity contribution in [2.75, 3.05) is 19.8 Å². The average Bonchev–Trinajstić information content (AvgIpc) is 3.03. The number of morpholine rings is 1. The van der Waals surface area contributed by atoms with E-state index in [2.05, 4.69) is 15.0 Å². The summed E-state index contributed by atoms with van der Waals surface area (Å²) in [5, 5.41) is 0. The summed E-state index contributed by atoms with van der Waals surface area (Å²) in [5.74, 6) is 0.313. The van der Waals surface area contributed by atoms with Crippen LogP contribution in [0.1, 0.15) is 33.6 Å². The highest BCUT2D eigenvalue weighted by Crippen LogP contribution is 2.24. The Bertz CT molecular complexity index is 1040. The van der Waals surface area contributed by atoms with Gasteiger partial charge in [0.25, 0.3) is 11.5 Å². The standard InChI is InChI=1S/C18H19N5O3/c1-11-3-4-16-21-14(9-22(16)8-11)18(25)23-5-6-26-10-15(23)13-7-17(24)20-12(2)19-13/h3-4,7-9,15H,5-6,10H2,1-2H3,(H,19,20,24)/t15-/m0/s1. The van der Waals surface area contributed by atoms with Gasteiger partial charge in [-0.05, 0) is 25.5 Å². The number of H-pyrrole nitrogens is 1. The molecule has 1 saturated heterocycles. The molecule has 3 aromatic rings. The molecule has 1 fully saturated rings. The van der Waals surface area contributed by atoms with Crippen LogP contribution in [-0.4, -0.2) is 49.9 Å². The minimum atomic E-state index is -0.413. The van der Waals surface area contributed by atoms with Gasteiger partial charge < -0.3 is 19.0 Å². The fraction of sp³-hybridized carbons (Fsp3) is 0.333. The first-order valence-electron chi connectivity index (χ1n) is 8.43. The van der Waals surface area contributed by atoms with Gasteiger partial charge in [-0.2, -0.15) is 0 Å². The molecular formula is C18H19N5O3. The third kappa shape index (κ3) is 2.99. The Morgan fingerprint density at radius 1 is 1.27 bits per heavy atom. The molecule has 1 N–H and O–H groups in total. The van der Waals surface area contributed by atoms with Gasteiger partial charge in [0.15, 0.2) is 0 Å². The second-order valence-electron chi connectivity index (χ2n) is 6.44. The van der Waals surface area contributed by atoms with E-state index in [0.29, 0.717) is 42.6 Å². The van der Waals surface area contributed by atoms with E-state index >= 15 is 0 Å². The van der Waals surface area contributed by atoms with Gasteiger partial charge in [0, 0.05) is 25.0 Å². The number of ether oxygens (including phenoxy) is 1. The molecule has 4 heterocycles. The number of aromatic nitrogens is 4. The number of rotatable bonds is 2. The first-order chi connectivity index (χ1) is 12.5. The molecule has 0 unspecified atom stereocenters. The lowest BCUT2D eigenvalue weighted by Gasteiger charge is -2.34. The van der Waals surface area contributed by atoms with Crippen LogP contribution in [0.15, 0.2) is 35.4 Å². The lowest BCUT2D eigenvalue weighted by Crippen LogP contribution is -2.44. The van der Waals surface area contributed by atoms with E-state index in [-0.39, 0.29) is 11.5 Å². The summed E-state index contributed by atoms with van der Waals surface area (Å²) >= 11 is 0. The van der Waals surface area contributed by atoms with Crippen molar-refractivity contribution in [1.82, 2.24) is 24.3 Å². The molecular weight excluding hydrogens is 334 g/mol. The predicted molar refractivity (Wildman–Crippen MR) is 94.1 cm³/mol. The second kappa shape index (κ2) is 6.38. The zero-order valence-corrected chi connectivity index (χ0v) is 14.6. The summed E-state index contributed by atoms with van der Waals surface area (Å²) in [7, 11) is 0. The van der Waals surface area contributed by atoms with E-state index in [9.17, 15) is 9.59 Å². The normalized spacial score (nSPS) is 17.6. The van der Waals surface area contributed by atoms with E-state index in [0.717, 1.165) is 5.56 Å². The average molecular weight is 353 g/mol. The maximum atomic E-state index is 13.1. The Morgan fingerprint density at radius 3 is 2.92 bits per heavy atom. The van der Waals surface area contributed by atoms with E-state index in [1.54, 1.807) is 18.0 Å². The van der Waals surface area contributed by atoms with E-state index in [4.69, 9.17) is 4.74 Å². The predicted octanol–water partition coefficient (Wildman–Crippen LogP) is 1.25. The molecule has 0 radical (unpaired) electrons. The van der Waals surface area contributed by atoms with Crippen LogP contribution in [0, 0.1) is 13.8 Å². The minimum absolute atomic E-state index is 0.195. The van der Waals surface area contributed by atoms with Gasteiger partial charge in [0.1, 0.15) is 17.2 Å². The molecule has 1 atom stereocenters. The van der Waals surface area contributed by atoms with E-state index in [1.165, 1.54) is 6.07 Å². The fourth-order valence-corrected chi connectivity index (χ4v) is 3.22. The molecule has 1 amide bonds. The number of nitrogens with one attached hydrogen (secondary N) is 1. The van der Waals surface area contributed by atoms with Crippen molar-refractivity contribution in [2.45, 2.75) is 19.9 Å². The van der Waals surface area contributed by atoms with Crippen molar-refractivity contribution in [3.05, 3.63) is 63.7 Å². The number of pyridine rings is 1. The molecule has 8 heteroatoms. The van der Waals surface area contributed by atoms with Crippen LogP contribution in [0.5, 0.6) is 0 Å². The monoisotopic (exact) mass is 353 g/mol. The van der Waals surface area contributed by atoms with Gasteiger partial charge in [-0.15, -0.1) is 0 Å². The molecule has 1 aliphatic heterocycles. The van der Waals surface area contributed by atoms with Gasteiger partial charge in [-0.25, -0.2) is 9.97 Å². The van der Waals surface area contributed by atoms with Crippen LogP contribution in [0.25, 0.3) is 5.65 Å². The molecule has 0 aromatic carbocycles. The maximum absolute atomic E-state index is 13.1. The Labute approximate surface area is 149 Å². The number of amides is 1. The quantitative estimate of drug-likeness (QED) is 0.748. The lowest BCUT2D eigenvalue weighted by molar-refractivity contribution is -0.00428. The summed E-state index contributed by atoms with van der Waals surface area (Å²) in [6.07, 6.45) is 3.66. The second-order valence-corrected chi connectivity index (χ2v) is 6.44. The first kappa shape index (κ1) is 16.5. The Morgan fingerprint density at radius 2 is 2.12 bits per heavy atom. The third-order valence-corrected chi connectivity index (χ3v) is 4.43. The van der Waals surface area contributed by atoms with Crippen LogP contribution >= 0.6 is 0 Å². The van der Waals surface area contributed by atoms with Crippen LogP contribution in [0.2, 0.25) is 0 Å². The van der Waals surface area contributed by atoms with Gasteiger partial charge in [-0.3, -0.25) is 9.59 Å². The number of imidazole rings is 1. The molecule has 134 valence electrons. The Balaban J connectivity index is 1.70. The number of aromatic amines is 1. The maximum Gasteiger partial charge on any atom is 0.274 e. The topological polar surface area (TPSA) is 92.6 Å². The minimum Gasteiger partial charge on any atom is -0.377 e. The molecule has 8 nitrogen and oxygen atoms in total. The van der Waals surface area contributed by atoms with Crippen LogP contribution in [-0.2, 0) is 4.74 Å². The molecule has 1 aliphatic rings. The summed E-state index contributed by atoms with van der Waals surface area (Å²) < 4.78 is 7.38. The van der Waals surface area contributed by atoms with Gasteiger partial charge in [0.05, 0.1) is 24.9 Å². The highest BCUT2D eigenvalue weighted by Gasteiger charge is 2.32. The Hall–Kier alpha value is -3.00. The van der Waals surface area contributed by atoms with Crippen molar-refractivity contribution >= 4 is 11.6 Å². The Kier molecular flexibility index (Phi) is 4.04. The molecule has 3 aromatic heterocycles. The summed E-state index contributed by atoms with van der Waals surface area (Å²) in [6, 6.07) is 4.84. The van der Waals surface area contributed by atoms with Crippen LogP contribution in [0.4, 0.5) is 0 Å². The van der Waals surface area contributed by atoms with Gasteiger partial charge in [-0.1, -0.05) is 6.07 Å². The summed E-state index contributed by atoms with van der Waals surface area (Å²) in [5.41, 5.74) is 2.45. The van der Waals surface area contributed by atoms with Crippen molar-refractivity contribution in [2.24, 2.45) is 0 Å². The molecule has 0 bridgehead atoms. The molecule has 26 heavy (non-hydrogen) atoms. The van der Waals surface area contributed by atoms with Gasteiger partial charge in [0.2, 0.25) is 0 Å². The molecule has 0 spiro atoms. The van der Waals surface area contributed by atoms with Crippen molar-refractivity contribution in [1.29, 1.82) is 0 Å². The third-order valence-electron chi connectivity index (χ3n) is 4.43. The number of hydrogen-bond donors (Lipinski definition) is 1. The van der Waals surface area contributed by atoms with Crippen LogP contribution < -0.4 is 5.56 Å². The van der Waals surface area contributed by atoms with E-state index < -0.39 is 6.04 Å². The van der Waals surface area contributed by atoms with Crippen molar-refractivity contribution in [3.8, 4) is 0 Å².